The van der Waals surface area contributed by atoms with Gasteiger partial charge in [-0.3, -0.25) is 9.69 Å². The lowest BCUT2D eigenvalue weighted by Gasteiger charge is -2.17. The molecule has 0 atom stereocenters. The third-order valence-electron chi connectivity index (χ3n) is 3.55. The summed E-state index contributed by atoms with van der Waals surface area (Å²) in [6.45, 7) is 0. The van der Waals surface area contributed by atoms with E-state index in [1.54, 1.807) is 18.2 Å². The number of nitrogens with zero attached hydrogens (tertiary/aromatic N) is 3. The number of thioether (sulfide) groups is 1. The molecule has 6 nitrogen and oxygen atoms in total. The van der Waals surface area contributed by atoms with Gasteiger partial charge in [-0.25, -0.2) is 14.8 Å². The first-order valence-corrected chi connectivity index (χ1v) is 8.60. The van der Waals surface area contributed by atoms with Crippen LogP contribution in [0.2, 0.25) is 0 Å². The van der Waals surface area contributed by atoms with Gasteiger partial charge in [-0.15, -0.1) is 0 Å². The zero-order chi connectivity index (χ0) is 20.3. The fourth-order valence-electron chi connectivity index (χ4n) is 2.28. The highest BCUT2D eigenvalue weighted by atomic mass is 32.2. The summed E-state index contributed by atoms with van der Waals surface area (Å²) in [5.41, 5.74) is -0.944. The smallest absolute Gasteiger partial charge is 0.416 e. The first kappa shape index (κ1) is 19.6. The van der Waals surface area contributed by atoms with Crippen LogP contribution in [-0.4, -0.2) is 29.1 Å². The Morgan fingerprint density at radius 1 is 1.25 bits per heavy atom. The average molecular weight is 407 g/mol. The SMILES string of the molecule is COC(=O)C=C1SC(=Nc2ccccn2)N(c2cccc(C(F)(F)F)c2)C1=O. The molecule has 28 heavy (non-hydrogen) atoms. The van der Waals surface area contributed by atoms with Crippen LogP contribution in [0.25, 0.3) is 0 Å². The first-order chi connectivity index (χ1) is 13.3. The Morgan fingerprint density at radius 2 is 2.04 bits per heavy atom. The number of benzene rings is 1. The number of rotatable bonds is 3. The Hall–Kier alpha value is -3.14. The predicted molar refractivity (Wildman–Crippen MR) is 98.0 cm³/mol. The fraction of sp³-hybridized carbons (Fsp3) is 0.111. The van der Waals surface area contributed by atoms with E-state index in [2.05, 4.69) is 14.7 Å². The molecule has 0 N–H and O–H groups in total. The predicted octanol–water partition coefficient (Wildman–Crippen LogP) is 3.92. The summed E-state index contributed by atoms with van der Waals surface area (Å²) in [4.78, 5) is 33.5. The number of ether oxygens (including phenoxy) is 1. The summed E-state index contributed by atoms with van der Waals surface area (Å²) in [5.74, 6) is -1.20. The minimum absolute atomic E-state index is 0.0288. The molecule has 0 aliphatic carbocycles. The van der Waals surface area contributed by atoms with Crippen molar-refractivity contribution in [1.82, 2.24) is 4.98 Å². The zero-order valence-corrected chi connectivity index (χ0v) is 15.1. The molecule has 10 heteroatoms. The molecule has 1 saturated heterocycles. The molecule has 1 aromatic heterocycles. The number of esters is 1. The number of halogens is 3. The number of aliphatic imine (C=N–C) groups is 1. The van der Waals surface area contributed by atoms with Crippen molar-refractivity contribution in [1.29, 1.82) is 0 Å². The average Bonchev–Trinajstić information content (AvgIpc) is 2.96. The molecule has 2 heterocycles. The van der Waals surface area contributed by atoms with Crippen LogP contribution in [0.3, 0.4) is 0 Å². The third kappa shape index (κ3) is 4.22. The van der Waals surface area contributed by atoms with Gasteiger partial charge in [-0.2, -0.15) is 13.2 Å². The Morgan fingerprint density at radius 3 is 2.68 bits per heavy atom. The summed E-state index contributed by atoms with van der Waals surface area (Å²) in [6, 6.07) is 9.20. The van der Waals surface area contributed by atoms with Crippen LogP contribution in [0, 0.1) is 0 Å². The van der Waals surface area contributed by atoms with Crippen LogP contribution < -0.4 is 4.90 Å². The highest BCUT2D eigenvalue weighted by Crippen LogP contribution is 2.38. The summed E-state index contributed by atoms with van der Waals surface area (Å²) in [7, 11) is 1.15. The lowest BCUT2D eigenvalue weighted by atomic mass is 10.2. The number of aromatic nitrogens is 1. The van der Waals surface area contributed by atoms with Crippen molar-refractivity contribution in [3.63, 3.8) is 0 Å². The van der Waals surface area contributed by atoms with Crippen LogP contribution in [0.1, 0.15) is 5.56 Å². The molecule has 0 radical (unpaired) electrons. The minimum Gasteiger partial charge on any atom is -0.466 e. The number of pyridine rings is 1. The Labute approximate surface area is 161 Å². The third-order valence-corrected chi connectivity index (χ3v) is 4.52. The van der Waals surface area contributed by atoms with E-state index in [0.29, 0.717) is 0 Å². The molecule has 144 valence electrons. The molecule has 0 spiro atoms. The van der Waals surface area contributed by atoms with Gasteiger partial charge in [0, 0.05) is 12.3 Å². The molecule has 1 fully saturated rings. The highest BCUT2D eigenvalue weighted by molar-refractivity contribution is 8.19. The van der Waals surface area contributed by atoms with E-state index in [0.717, 1.165) is 42.0 Å². The van der Waals surface area contributed by atoms with Crippen LogP contribution >= 0.6 is 11.8 Å². The maximum Gasteiger partial charge on any atom is 0.416 e. The largest absolute Gasteiger partial charge is 0.466 e. The monoisotopic (exact) mass is 407 g/mol. The molecule has 1 amide bonds. The van der Waals surface area contributed by atoms with E-state index in [-0.39, 0.29) is 21.6 Å². The molecule has 3 rings (SSSR count). The quantitative estimate of drug-likeness (QED) is 0.570. The molecule has 1 aromatic carbocycles. The second-order valence-corrected chi connectivity index (χ2v) is 6.41. The van der Waals surface area contributed by atoms with E-state index in [4.69, 9.17) is 0 Å². The topological polar surface area (TPSA) is 71.9 Å². The first-order valence-electron chi connectivity index (χ1n) is 7.78. The van der Waals surface area contributed by atoms with Crippen molar-refractivity contribution in [2.24, 2.45) is 4.99 Å². The lowest BCUT2D eigenvalue weighted by Crippen LogP contribution is -2.29. The van der Waals surface area contributed by atoms with Gasteiger partial charge in [0.2, 0.25) is 0 Å². The number of hydrogen-bond donors (Lipinski definition) is 0. The van der Waals surface area contributed by atoms with Crippen LogP contribution in [0.15, 0.2) is 64.6 Å². The van der Waals surface area contributed by atoms with Crippen LogP contribution in [0.5, 0.6) is 0 Å². The molecule has 2 aromatic rings. The van der Waals surface area contributed by atoms with E-state index >= 15 is 0 Å². The van der Waals surface area contributed by atoms with Crippen molar-refractivity contribution < 1.29 is 27.5 Å². The van der Waals surface area contributed by atoms with E-state index < -0.39 is 23.6 Å². The molecular weight excluding hydrogens is 395 g/mol. The molecule has 0 bridgehead atoms. The Kier molecular flexibility index (Phi) is 5.50. The van der Waals surface area contributed by atoms with Crippen molar-refractivity contribution >= 4 is 40.3 Å². The van der Waals surface area contributed by atoms with Gasteiger partial charge in [-0.1, -0.05) is 12.1 Å². The van der Waals surface area contributed by atoms with Gasteiger partial charge >= 0.3 is 12.1 Å². The second kappa shape index (κ2) is 7.85. The Balaban J connectivity index is 2.09. The minimum atomic E-state index is -4.57. The molecule has 0 unspecified atom stereocenters. The van der Waals surface area contributed by atoms with Gasteiger partial charge in [0.15, 0.2) is 11.0 Å². The molecule has 1 aliphatic rings. The Bertz CT molecular complexity index is 975. The number of amidine groups is 1. The van der Waals surface area contributed by atoms with Crippen LogP contribution in [0.4, 0.5) is 24.7 Å². The highest BCUT2D eigenvalue weighted by Gasteiger charge is 2.37. The second-order valence-electron chi connectivity index (χ2n) is 5.40. The van der Waals surface area contributed by atoms with Crippen molar-refractivity contribution in [2.45, 2.75) is 6.18 Å². The standard InChI is InChI=1S/C18H12F3N3O3S/c1-27-15(25)10-13-16(26)24(12-6-4-5-11(9-12)18(19,20)21)17(28-13)23-14-7-2-3-8-22-14/h2-10H,1H3. The maximum absolute atomic E-state index is 13.1. The normalized spacial score (nSPS) is 17.4. The van der Waals surface area contributed by atoms with Gasteiger partial charge in [0.05, 0.1) is 23.3 Å². The number of hydrogen-bond acceptors (Lipinski definition) is 6. The number of methoxy groups -OCH3 is 1. The van der Waals surface area contributed by atoms with Crippen LogP contribution in [-0.2, 0) is 20.5 Å². The van der Waals surface area contributed by atoms with Gasteiger partial charge in [0.25, 0.3) is 5.91 Å². The number of carbonyl (C=O) groups is 2. The zero-order valence-electron chi connectivity index (χ0n) is 14.3. The maximum atomic E-state index is 13.1. The molecular formula is C18H12F3N3O3S. The lowest BCUT2D eigenvalue weighted by molar-refractivity contribution is -0.137. The number of alkyl halides is 3. The van der Waals surface area contributed by atoms with Gasteiger partial charge in [-0.05, 0) is 42.1 Å². The number of anilines is 1. The van der Waals surface area contributed by atoms with E-state index in [9.17, 15) is 22.8 Å². The number of carbonyl (C=O) groups excluding carboxylic acids is 2. The molecule has 1 aliphatic heterocycles. The van der Waals surface area contributed by atoms with Gasteiger partial charge < -0.3 is 4.74 Å². The molecule has 0 saturated carbocycles. The van der Waals surface area contributed by atoms with Crippen molar-refractivity contribution in [3.8, 4) is 0 Å². The van der Waals surface area contributed by atoms with E-state index in [1.807, 2.05) is 0 Å². The number of amides is 1. The van der Waals surface area contributed by atoms with Crippen molar-refractivity contribution in [3.05, 3.63) is 65.2 Å². The van der Waals surface area contributed by atoms with E-state index in [1.165, 1.54) is 18.3 Å². The summed E-state index contributed by atoms with van der Waals surface area (Å²) < 4.78 is 43.7. The summed E-state index contributed by atoms with van der Waals surface area (Å²) in [5, 5.41) is 0.0678. The summed E-state index contributed by atoms with van der Waals surface area (Å²) in [6.07, 6.45) is -2.12. The summed E-state index contributed by atoms with van der Waals surface area (Å²) >= 11 is 0.839. The fourth-order valence-corrected chi connectivity index (χ4v) is 3.23. The van der Waals surface area contributed by atoms with Crippen molar-refractivity contribution in [2.75, 3.05) is 12.0 Å². The van der Waals surface area contributed by atoms with Gasteiger partial charge in [0.1, 0.15) is 0 Å².